The molecule has 0 radical (unpaired) electrons. The number of halogens is 3. The van der Waals surface area contributed by atoms with E-state index in [0.29, 0.717) is 6.08 Å². The van der Waals surface area contributed by atoms with E-state index in [-0.39, 0.29) is 31.9 Å². The summed E-state index contributed by atoms with van der Waals surface area (Å²) in [4.78, 5) is 12.6. The Bertz CT molecular complexity index is 794. The van der Waals surface area contributed by atoms with Crippen molar-refractivity contribution in [1.29, 1.82) is 0 Å². The Morgan fingerprint density at radius 1 is 1.08 bits per heavy atom. The van der Waals surface area contributed by atoms with Gasteiger partial charge in [0.1, 0.15) is 0 Å². The molecule has 2 rings (SSSR count). The Hall–Kier alpha value is -2.13. The molecule has 1 fully saturated rings. The number of piperazine rings is 1. The van der Waals surface area contributed by atoms with Crippen molar-refractivity contribution in [3.8, 4) is 0 Å². The summed E-state index contributed by atoms with van der Waals surface area (Å²) in [6.07, 6.45) is -2.87. The van der Waals surface area contributed by atoms with E-state index in [0.717, 1.165) is 11.0 Å². The van der Waals surface area contributed by atoms with Gasteiger partial charge in [0.25, 0.3) is 5.78 Å². The Balaban J connectivity index is 1.98. The molecule has 0 aliphatic carbocycles. The van der Waals surface area contributed by atoms with Crippen LogP contribution in [0.5, 0.6) is 0 Å². The maximum atomic E-state index is 12.3. The van der Waals surface area contributed by atoms with E-state index in [1.54, 1.807) is 29.2 Å². The first-order valence-electron chi connectivity index (χ1n) is 7.87. The molecule has 1 aliphatic heterocycles. The van der Waals surface area contributed by atoms with Gasteiger partial charge in [0, 0.05) is 43.4 Å². The lowest BCUT2D eigenvalue weighted by Crippen LogP contribution is -2.47. The number of carbonyl (C=O) groups is 1. The van der Waals surface area contributed by atoms with Crippen LogP contribution in [0.4, 0.5) is 13.2 Å². The fraction of sp³-hybridized carbons (Fsp3) is 0.353. The Morgan fingerprint density at radius 2 is 1.65 bits per heavy atom. The molecule has 0 amide bonds. The van der Waals surface area contributed by atoms with Crippen LogP contribution in [0.2, 0.25) is 0 Å². The van der Waals surface area contributed by atoms with Crippen LogP contribution < -0.4 is 0 Å². The molecule has 1 aliphatic rings. The van der Waals surface area contributed by atoms with Gasteiger partial charge in [-0.3, -0.25) is 4.79 Å². The van der Waals surface area contributed by atoms with Gasteiger partial charge in [0.05, 0.1) is 0 Å². The summed E-state index contributed by atoms with van der Waals surface area (Å²) in [5.74, 6) is -1.92. The van der Waals surface area contributed by atoms with Crippen LogP contribution in [0.15, 0.2) is 47.5 Å². The van der Waals surface area contributed by atoms with Crippen molar-refractivity contribution in [1.82, 2.24) is 9.21 Å². The largest absolute Gasteiger partial charge is 0.454 e. The molecule has 5 nitrogen and oxygen atoms in total. The molecule has 0 spiro atoms. The minimum Gasteiger partial charge on any atom is -0.372 e. The highest BCUT2D eigenvalue weighted by Crippen LogP contribution is 2.19. The molecule has 0 atom stereocenters. The Labute approximate surface area is 150 Å². The minimum absolute atomic E-state index is 0.132. The van der Waals surface area contributed by atoms with E-state index in [1.807, 2.05) is 6.07 Å². The zero-order chi connectivity index (χ0) is 19.4. The number of nitrogens with zero attached hydrogens (tertiary/aromatic N) is 2. The number of benzene rings is 1. The lowest BCUT2D eigenvalue weighted by atomic mass is 10.2. The quantitative estimate of drug-likeness (QED) is 0.728. The monoisotopic (exact) mass is 388 g/mol. The Morgan fingerprint density at radius 3 is 2.19 bits per heavy atom. The number of allylic oxidation sites excluding steroid dienone is 2. The van der Waals surface area contributed by atoms with Crippen LogP contribution in [0.1, 0.15) is 12.5 Å². The smallest absolute Gasteiger partial charge is 0.372 e. The zero-order valence-corrected chi connectivity index (χ0v) is 14.9. The van der Waals surface area contributed by atoms with Gasteiger partial charge in [-0.05, 0) is 18.6 Å². The van der Waals surface area contributed by atoms with Gasteiger partial charge in [-0.15, -0.1) is 0 Å². The van der Waals surface area contributed by atoms with E-state index >= 15 is 0 Å². The molecular weight excluding hydrogens is 369 g/mol. The average Bonchev–Trinajstić information content (AvgIpc) is 2.60. The molecule has 0 bridgehead atoms. The van der Waals surface area contributed by atoms with Gasteiger partial charge in [-0.1, -0.05) is 30.3 Å². The zero-order valence-electron chi connectivity index (χ0n) is 14.1. The van der Waals surface area contributed by atoms with Crippen molar-refractivity contribution < 1.29 is 26.4 Å². The average molecular weight is 388 g/mol. The maximum absolute atomic E-state index is 12.3. The number of carbonyl (C=O) groups excluding carboxylic acids is 1. The van der Waals surface area contributed by atoms with Crippen molar-refractivity contribution >= 4 is 21.9 Å². The molecule has 26 heavy (non-hydrogen) atoms. The predicted molar refractivity (Wildman–Crippen MR) is 92.4 cm³/mol. The molecule has 1 heterocycles. The summed E-state index contributed by atoms with van der Waals surface area (Å²) in [6.45, 7) is 2.10. The Kier molecular flexibility index (Phi) is 6.25. The summed E-state index contributed by atoms with van der Waals surface area (Å²) in [7, 11) is -3.62. The van der Waals surface area contributed by atoms with Gasteiger partial charge >= 0.3 is 6.18 Å². The highest BCUT2D eigenvalue weighted by atomic mass is 32.2. The predicted octanol–water partition coefficient (Wildman–Crippen LogP) is 2.64. The summed E-state index contributed by atoms with van der Waals surface area (Å²) in [6, 6.07) is 8.96. The SMILES string of the molecule is C/C(=C/C(=O)C(F)(F)F)N1CCN(S(=O)(=O)/C=C/c2ccccc2)CC1. The van der Waals surface area contributed by atoms with Crippen molar-refractivity contribution in [3.05, 3.63) is 53.1 Å². The lowest BCUT2D eigenvalue weighted by molar-refractivity contribution is -0.165. The molecule has 1 aromatic carbocycles. The van der Waals surface area contributed by atoms with Crippen LogP contribution in [0.3, 0.4) is 0 Å². The number of sulfonamides is 1. The number of alkyl halides is 3. The first kappa shape index (κ1) is 20.2. The number of ketones is 1. The van der Waals surface area contributed by atoms with Crippen molar-refractivity contribution in [2.45, 2.75) is 13.1 Å². The standard InChI is InChI=1S/C17H19F3N2O3S/c1-14(13-16(23)17(18,19)20)21-8-10-22(11-9-21)26(24,25)12-7-15-5-3-2-4-6-15/h2-7,12-13H,8-11H2,1H3/b12-7+,14-13-. The van der Waals surface area contributed by atoms with Gasteiger partial charge < -0.3 is 4.90 Å². The molecule has 142 valence electrons. The van der Waals surface area contributed by atoms with Crippen LogP contribution in [-0.2, 0) is 14.8 Å². The molecule has 1 aromatic rings. The minimum atomic E-state index is -4.91. The highest BCUT2D eigenvalue weighted by molar-refractivity contribution is 7.92. The van der Waals surface area contributed by atoms with Crippen LogP contribution >= 0.6 is 0 Å². The fourth-order valence-electron chi connectivity index (χ4n) is 2.47. The molecule has 1 saturated heterocycles. The normalized spacial score (nSPS) is 17.7. The molecular formula is C17H19F3N2O3S. The second-order valence-corrected chi connectivity index (χ2v) is 7.61. The first-order valence-corrected chi connectivity index (χ1v) is 9.37. The summed E-state index contributed by atoms with van der Waals surface area (Å²) in [5.41, 5.74) is 0.920. The molecule has 0 aromatic heterocycles. The third kappa shape index (κ3) is 5.43. The van der Waals surface area contributed by atoms with Crippen molar-refractivity contribution in [2.24, 2.45) is 0 Å². The van der Waals surface area contributed by atoms with E-state index in [1.165, 1.54) is 17.3 Å². The van der Waals surface area contributed by atoms with Gasteiger partial charge in [0.15, 0.2) is 0 Å². The number of hydrogen-bond acceptors (Lipinski definition) is 4. The van der Waals surface area contributed by atoms with E-state index < -0.39 is 22.0 Å². The number of hydrogen-bond donors (Lipinski definition) is 0. The van der Waals surface area contributed by atoms with E-state index in [9.17, 15) is 26.4 Å². The van der Waals surface area contributed by atoms with E-state index in [2.05, 4.69) is 0 Å². The van der Waals surface area contributed by atoms with Gasteiger partial charge in [-0.2, -0.15) is 17.5 Å². The van der Waals surface area contributed by atoms with Crippen molar-refractivity contribution in [2.75, 3.05) is 26.2 Å². The van der Waals surface area contributed by atoms with Crippen LogP contribution in [-0.4, -0.2) is 55.8 Å². The summed E-state index contributed by atoms with van der Waals surface area (Å²) >= 11 is 0. The summed E-state index contributed by atoms with van der Waals surface area (Å²) < 4.78 is 62.9. The second-order valence-electron chi connectivity index (χ2n) is 5.79. The topological polar surface area (TPSA) is 57.7 Å². The van der Waals surface area contributed by atoms with Gasteiger partial charge in [-0.25, -0.2) is 8.42 Å². The first-order chi connectivity index (χ1) is 12.1. The molecule has 0 unspecified atom stereocenters. The van der Waals surface area contributed by atoms with E-state index in [4.69, 9.17) is 0 Å². The van der Waals surface area contributed by atoms with Crippen LogP contribution in [0, 0.1) is 0 Å². The maximum Gasteiger partial charge on any atom is 0.454 e. The van der Waals surface area contributed by atoms with Gasteiger partial charge in [0.2, 0.25) is 10.0 Å². The third-order valence-corrected chi connectivity index (χ3v) is 5.51. The number of rotatable bonds is 5. The molecule has 0 N–H and O–H groups in total. The molecule has 9 heteroatoms. The van der Waals surface area contributed by atoms with Crippen LogP contribution in [0.25, 0.3) is 6.08 Å². The highest BCUT2D eigenvalue weighted by Gasteiger charge is 2.37. The lowest BCUT2D eigenvalue weighted by Gasteiger charge is -2.35. The third-order valence-electron chi connectivity index (χ3n) is 3.95. The fourth-order valence-corrected chi connectivity index (χ4v) is 3.65. The second kappa shape index (κ2) is 8.05. The molecule has 0 saturated carbocycles. The van der Waals surface area contributed by atoms with Crippen molar-refractivity contribution in [3.63, 3.8) is 0 Å². The summed E-state index contributed by atoms with van der Waals surface area (Å²) in [5, 5.41) is 1.12.